The van der Waals surface area contributed by atoms with Gasteiger partial charge in [0.15, 0.2) is 0 Å². The topological polar surface area (TPSA) is 69.4 Å². The minimum absolute atomic E-state index is 0.123. The number of hydrogen-bond donors (Lipinski definition) is 1. The molecule has 2 heterocycles. The van der Waals surface area contributed by atoms with Gasteiger partial charge in [-0.25, -0.2) is 0 Å². The summed E-state index contributed by atoms with van der Waals surface area (Å²) in [5.41, 5.74) is 2.37. The van der Waals surface area contributed by atoms with Crippen molar-refractivity contribution in [3.05, 3.63) is 67.2 Å². The van der Waals surface area contributed by atoms with Gasteiger partial charge in [-0.1, -0.05) is 11.8 Å². The number of hydrogen-bond acceptors (Lipinski definition) is 5. The number of benzene rings is 2. The lowest BCUT2D eigenvalue weighted by molar-refractivity contribution is -0.837. The second-order valence-electron chi connectivity index (χ2n) is 7.52. The number of halogens is 2. The fourth-order valence-corrected chi connectivity index (χ4v) is 5.24. The van der Waals surface area contributed by atoms with Crippen molar-refractivity contribution in [3.63, 3.8) is 0 Å². The van der Waals surface area contributed by atoms with E-state index in [0.29, 0.717) is 22.4 Å². The van der Waals surface area contributed by atoms with Crippen LogP contribution in [-0.4, -0.2) is 49.8 Å². The molecular weight excluding hydrogens is 570 g/mol. The SMILES string of the molecule is CCOc1cc(Br)c(Br)c(C=Nc2ccc([NH+]3CCN(C(=O)c4cccs4)CC3)cc2)c1[O-]. The van der Waals surface area contributed by atoms with Gasteiger partial charge in [-0.2, -0.15) is 0 Å². The van der Waals surface area contributed by atoms with Crippen LogP contribution in [0.15, 0.2) is 61.8 Å². The number of aliphatic imine (C=N–C) groups is 1. The van der Waals surface area contributed by atoms with E-state index in [1.54, 1.807) is 12.3 Å². The molecule has 4 rings (SSSR count). The maximum absolute atomic E-state index is 12.7. The van der Waals surface area contributed by atoms with Crippen molar-refractivity contribution in [1.29, 1.82) is 0 Å². The summed E-state index contributed by atoms with van der Waals surface area (Å²) in [4.78, 5) is 21.1. The van der Waals surface area contributed by atoms with Gasteiger partial charge in [0.1, 0.15) is 11.4 Å². The van der Waals surface area contributed by atoms with Crippen LogP contribution in [0.5, 0.6) is 11.5 Å². The molecule has 1 N–H and O–H groups in total. The number of nitrogens with one attached hydrogen (secondary N) is 1. The van der Waals surface area contributed by atoms with Gasteiger partial charge in [0.25, 0.3) is 5.91 Å². The Labute approximate surface area is 213 Å². The smallest absolute Gasteiger partial charge is 0.264 e. The third kappa shape index (κ3) is 5.48. The van der Waals surface area contributed by atoms with E-state index < -0.39 is 0 Å². The van der Waals surface area contributed by atoms with Gasteiger partial charge in [-0.05, 0) is 68.4 Å². The summed E-state index contributed by atoms with van der Waals surface area (Å²) in [7, 11) is 0. The van der Waals surface area contributed by atoms with Crippen LogP contribution < -0.4 is 14.7 Å². The van der Waals surface area contributed by atoms with E-state index in [0.717, 1.165) is 41.2 Å². The monoisotopic (exact) mass is 591 g/mol. The molecule has 1 aromatic heterocycles. The summed E-state index contributed by atoms with van der Waals surface area (Å²) >= 11 is 8.40. The van der Waals surface area contributed by atoms with Crippen LogP contribution in [-0.2, 0) is 0 Å². The fraction of sp³-hybridized carbons (Fsp3) is 0.250. The van der Waals surface area contributed by atoms with Gasteiger partial charge in [0, 0.05) is 32.9 Å². The molecule has 0 aliphatic carbocycles. The maximum atomic E-state index is 12.7. The lowest BCUT2D eigenvalue weighted by Crippen LogP contribution is -3.10. The zero-order valence-electron chi connectivity index (χ0n) is 18.0. The summed E-state index contributed by atoms with van der Waals surface area (Å²) in [6, 6.07) is 13.5. The van der Waals surface area contributed by atoms with E-state index in [-0.39, 0.29) is 11.7 Å². The number of ether oxygens (including phenoxy) is 1. The Kier molecular flexibility index (Phi) is 7.85. The maximum Gasteiger partial charge on any atom is 0.264 e. The Morgan fingerprint density at radius 2 is 1.97 bits per heavy atom. The number of carbonyl (C=O) groups is 1. The Balaban J connectivity index is 1.41. The van der Waals surface area contributed by atoms with Crippen LogP contribution in [0.4, 0.5) is 11.4 Å². The van der Waals surface area contributed by atoms with Crippen molar-refractivity contribution in [1.82, 2.24) is 4.90 Å². The summed E-state index contributed by atoms with van der Waals surface area (Å²) < 4.78 is 6.83. The van der Waals surface area contributed by atoms with Gasteiger partial charge in [0.05, 0.1) is 43.4 Å². The summed E-state index contributed by atoms with van der Waals surface area (Å²) in [6.07, 6.45) is 1.57. The first-order valence-electron chi connectivity index (χ1n) is 10.6. The number of nitrogens with zero attached hydrogens (tertiary/aromatic N) is 2. The third-order valence-electron chi connectivity index (χ3n) is 5.48. The summed E-state index contributed by atoms with van der Waals surface area (Å²) in [5, 5.41) is 14.6. The molecule has 0 unspecified atom stereocenters. The molecule has 9 heteroatoms. The molecule has 3 aromatic rings. The molecular formula is C24H23Br2N3O3S. The molecule has 0 bridgehead atoms. The molecule has 0 saturated carbocycles. The molecule has 0 radical (unpaired) electrons. The highest BCUT2D eigenvalue weighted by molar-refractivity contribution is 9.13. The van der Waals surface area contributed by atoms with Gasteiger partial charge in [-0.15, -0.1) is 11.3 Å². The molecule has 1 aliphatic heterocycles. The van der Waals surface area contributed by atoms with E-state index in [9.17, 15) is 9.90 Å². The molecule has 0 atom stereocenters. The molecule has 0 spiro atoms. The zero-order chi connectivity index (χ0) is 23.4. The minimum atomic E-state index is -0.202. The van der Waals surface area contributed by atoms with Crippen molar-refractivity contribution in [2.75, 3.05) is 32.8 Å². The third-order valence-corrected chi connectivity index (χ3v) is 8.35. The van der Waals surface area contributed by atoms with Crippen LogP contribution in [0.3, 0.4) is 0 Å². The van der Waals surface area contributed by atoms with Crippen LogP contribution in [0, 0.1) is 0 Å². The standard InChI is InChI=1S/C24H23Br2N3O3S/c1-2-32-20-14-19(25)22(26)18(23(20)30)15-27-16-5-7-17(8-6-16)28-9-11-29(12-10-28)24(31)21-4-3-13-33-21/h3-8,13-15,30H,2,9-12H2,1H3. The predicted molar refractivity (Wildman–Crippen MR) is 137 cm³/mol. The lowest BCUT2D eigenvalue weighted by atomic mass is 10.2. The van der Waals surface area contributed by atoms with Crippen LogP contribution >= 0.6 is 43.2 Å². The zero-order valence-corrected chi connectivity index (χ0v) is 22.0. The molecule has 6 nitrogen and oxygen atoms in total. The molecule has 1 amide bonds. The van der Waals surface area contributed by atoms with Gasteiger partial charge in [-0.3, -0.25) is 14.7 Å². The molecule has 1 aliphatic rings. The van der Waals surface area contributed by atoms with Crippen molar-refractivity contribution in [2.24, 2.45) is 4.99 Å². The van der Waals surface area contributed by atoms with Gasteiger partial charge in [0.2, 0.25) is 0 Å². The largest absolute Gasteiger partial charge is 0.869 e. The van der Waals surface area contributed by atoms with Crippen LogP contribution in [0.1, 0.15) is 22.2 Å². The molecule has 1 fully saturated rings. The second-order valence-corrected chi connectivity index (χ2v) is 10.1. The number of thiophene rings is 1. The van der Waals surface area contributed by atoms with Crippen molar-refractivity contribution < 1.29 is 19.5 Å². The number of carbonyl (C=O) groups excluding carboxylic acids is 1. The Morgan fingerprint density at radius 3 is 2.61 bits per heavy atom. The first-order valence-corrected chi connectivity index (χ1v) is 13.1. The highest BCUT2D eigenvalue weighted by Crippen LogP contribution is 2.38. The number of rotatable bonds is 6. The summed E-state index contributed by atoms with van der Waals surface area (Å²) in [6.45, 7) is 5.46. The average Bonchev–Trinajstić information content (AvgIpc) is 3.38. The Hall–Kier alpha value is -2.20. The normalized spacial score (nSPS) is 14.7. The Bertz CT molecular complexity index is 1140. The van der Waals surface area contributed by atoms with Crippen molar-refractivity contribution in [2.45, 2.75) is 6.92 Å². The highest BCUT2D eigenvalue weighted by Gasteiger charge is 2.26. The summed E-state index contributed by atoms with van der Waals surface area (Å²) in [5.74, 6) is 0.217. The molecule has 172 valence electrons. The number of amides is 1. The Morgan fingerprint density at radius 1 is 1.24 bits per heavy atom. The van der Waals surface area contributed by atoms with E-state index >= 15 is 0 Å². The van der Waals surface area contributed by atoms with Gasteiger partial charge < -0.3 is 14.7 Å². The van der Waals surface area contributed by atoms with E-state index in [4.69, 9.17) is 4.74 Å². The first kappa shape index (κ1) is 23.9. The van der Waals surface area contributed by atoms with Crippen LogP contribution in [0.2, 0.25) is 0 Å². The average molecular weight is 593 g/mol. The van der Waals surface area contributed by atoms with Crippen LogP contribution in [0.25, 0.3) is 0 Å². The minimum Gasteiger partial charge on any atom is -0.869 e. The fourth-order valence-electron chi connectivity index (χ4n) is 3.73. The van der Waals surface area contributed by atoms with E-state index in [1.165, 1.54) is 21.9 Å². The van der Waals surface area contributed by atoms with Gasteiger partial charge >= 0.3 is 0 Å². The van der Waals surface area contributed by atoms with E-state index in [1.807, 2.05) is 41.5 Å². The van der Waals surface area contributed by atoms with Crippen molar-refractivity contribution >= 4 is 66.7 Å². The van der Waals surface area contributed by atoms with Crippen molar-refractivity contribution in [3.8, 4) is 11.5 Å². The number of quaternary nitrogens is 1. The van der Waals surface area contributed by atoms with E-state index in [2.05, 4.69) is 49.0 Å². The predicted octanol–water partition coefficient (Wildman–Crippen LogP) is 4.17. The second kappa shape index (κ2) is 10.8. The highest BCUT2D eigenvalue weighted by atomic mass is 79.9. The molecule has 1 saturated heterocycles. The molecule has 33 heavy (non-hydrogen) atoms. The lowest BCUT2D eigenvalue weighted by Gasteiger charge is -2.31. The molecule has 2 aromatic carbocycles. The number of piperazine rings is 1. The first-order chi connectivity index (χ1) is 16.0. The quantitative estimate of drug-likeness (QED) is 0.437.